The van der Waals surface area contributed by atoms with Crippen LogP contribution < -0.4 is 0 Å². The maximum Gasteiger partial charge on any atom is 0.413 e. The third-order valence-corrected chi connectivity index (χ3v) is 6.21. The van der Waals surface area contributed by atoms with E-state index in [9.17, 15) is 4.79 Å². The smallest absolute Gasteiger partial charge is 0.413 e. The highest BCUT2D eigenvalue weighted by Crippen LogP contribution is 2.43. The lowest BCUT2D eigenvalue weighted by molar-refractivity contribution is -0.137. The van der Waals surface area contributed by atoms with Crippen LogP contribution in [0.1, 0.15) is 35.8 Å². The number of aromatic nitrogens is 2. The van der Waals surface area contributed by atoms with E-state index in [2.05, 4.69) is 41.2 Å². The van der Waals surface area contributed by atoms with E-state index in [-0.39, 0.29) is 12.6 Å². The molecule has 2 aliphatic rings. The molecule has 2 fully saturated rings. The Bertz CT molecular complexity index is 1060. The molecule has 0 saturated carbocycles. The van der Waals surface area contributed by atoms with E-state index < -0.39 is 11.8 Å². The number of hydrogen-bond acceptors (Lipinski definition) is 5. The molecule has 3 aromatic rings. The van der Waals surface area contributed by atoms with E-state index in [1.165, 1.54) is 5.56 Å². The Labute approximate surface area is 187 Å². The molecule has 1 aromatic heterocycles. The lowest BCUT2D eigenvalue weighted by Gasteiger charge is -2.40. The Hall–Kier alpha value is -3.16. The molecule has 3 heterocycles. The average Bonchev–Trinajstić information content (AvgIpc) is 3.45. The van der Waals surface area contributed by atoms with Gasteiger partial charge in [0.25, 0.3) is 0 Å². The number of nitrogens with zero attached hydrogens (tertiary/aromatic N) is 2. The zero-order chi connectivity index (χ0) is 22.0. The summed E-state index contributed by atoms with van der Waals surface area (Å²) in [6.45, 7) is 3.72. The lowest BCUT2D eigenvalue weighted by atomic mass is 10.0. The first kappa shape index (κ1) is 20.7. The van der Waals surface area contributed by atoms with Gasteiger partial charge in [0.05, 0.1) is 31.7 Å². The van der Waals surface area contributed by atoms with Crippen LogP contribution in [0.4, 0.5) is 4.79 Å². The molecule has 2 saturated heterocycles. The van der Waals surface area contributed by atoms with E-state index in [0.29, 0.717) is 38.5 Å². The van der Waals surface area contributed by atoms with Crippen LogP contribution in [-0.4, -0.2) is 46.5 Å². The highest BCUT2D eigenvalue weighted by Gasteiger charge is 2.53. The minimum Gasteiger partial charge on any atom is -0.444 e. The van der Waals surface area contributed by atoms with E-state index >= 15 is 0 Å². The molecule has 2 aromatic carbocycles. The first-order valence-electron chi connectivity index (χ1n) is 11.0. The first-order valence-corrected chi connectivity index (χ1v) is 11.0. The lowest BCUT2D eigenvalue weighted by Crippen LogP contribution is -2.52. The Morgan fingerprint density at radius 1 is 1.16 bits per heavy atom. The van der Waals surface area contributed by atoms with Gasteiger partial charge in [0, 0.05) is 12.8 Å². The molecule has 1 atom stereocenters. The molecule has 2 aliphatic heterocycles. The monoisotopic (exact) mass is 433 g/mol. The SMILES string of the molecule is Cc1ccc(-c2cnc([C@@H]3COC4(CCOCC4)N3C(=O)OCc3ccccc3)[nH]2)cc1. The maximum absolute atomic E-state index is 13.3. The van der Waals surface area contributed by atoms with E-state index in [0.717, 1.165) is 16.8 Å². The number of H-pyrrole nitrogens is 1. The summed E-state index contributed by atoms with van der Waals surface area (Å²) in [5.41, 5.74) is 3.37. The van der Waals surface area contributed by atoms with Gasteiger partial charge in [0.15, 0.2) is 5.72 Å². The van der Waals surface area contributed by atoms with Crippen LogP contribution in [0.3, 0.4) is 0 Å². The number of carbonyl (C=O) groups is 1. The van der Waals surface area contributed by atoms with Crippen molar-refractivity contribution in [3.8, 4) is 11.3 Å². The molecule has 1 spiro atoms. The molecular weight excluding hydrogens is 406 g/mol. The van der Waals surface area contributed by atoms with E-state index in [1.54, 1.807) is 4.90 Å². The zero-order valence-corrected chi connectivity index (χ0v) is 18.1. The van der Waals surface area contributed by atoms with Gasteiger partial charge in [0.2, 0.25) is 0 Å². The van der Waals surface area contributed by atoms with Gasteiger partial charge in [-0.2, -0.15) is 0 Å². The summed E-state index contributed by atoms with van der Waals surface area (Å²) >= 11 is 0. The number of ether oxygens (including phenoxy) is 3. The zero-order valence-electron chi connectivity index (χ0n) is 18.1. The van der Waals surface area contributed by atoms with Crippen molar-refractivity contribution in [3.63, 3.8) is 0 Å². The number of benzene rings is 2. The number of carbonyl (C=O) groups excluding carboxylic acids is 1. The van der Waals surface area contributed by atoms with Gasteiger partial charge in [-0.05, 0) is 18.1 Å². The first-order chi connectivity index (χ1) is 15.6. The van der Waals surface area contributed by atoms with Crippen molar-refractivity contribution in [2.24, 2.45) is 0 Å². The molecule has 0 radical (unpaired) electrons. The fourth-order valence-electron chi connectivity index (χ4n) is 4.41. The summed E-state index contributed by atoms with van der Waals surface area (Å²) in [6, 6.07) is 17.6. The van der Waals surface area contributed by atoms with Gasteiger partial charge in [-0.1, -0.05) is 60.2 Å². The van der Waals surface area contributed by atoms with Crippen molar-refractivity contribution in [2.75, 3.05) is 19.8 Å². The highest BCUT2D eigenvalue weighted by atomic mass is 16.6. The molecule has 0 bridgehead atoms. The average molecular weight is 434 g/mol. The molecule has 5 rings (SSSR count). The van der Waals surface area contributed by atoms with Crippen LogP contribution in [0, 0.1) is 6.92 Å². The van der Waals surface area contributed by atoms with Gasteiger partial charge >= 0.3 is 6.09 Å². The minimum absolute atomic E-state index is 0.211. The van der Waals surface area contributed by atoms with Crippen molar-refractivity contribution >= 4 is 6.09 Å². The van der Waals surface area contributed by atoms with Crippen LogP contribution in [-0.2, 0) is 20.8 Å². The molecule has 1 amide bonds. The number of nitrogens with one attached hydrogen (secondary N) is 1. The molecule has 0 aliphatic carbocycles. The predicted molar refractivity (Wildman–Crippen MR) is 119 cm³/mol. The van der Waals surface area contributed by atoms with Gasteiger partial charge < -0.3 is 19.2 Å². The largest absolute Gasteiger partial charge is 0.444 e. The number of aromatic amines is 1. The number of hydrogen-bond donors (Lipinski definition) is 1. The van der Waals surface area contributed by atoms with E-state index in [1.807, 2.05) is 36.5 Å². The van der Waals surface area contributed by atoms with Crippen molar-refractivity contribution in [1.82, 2.24) is 14.9 Å². The fraction of sp³-hybridized carbons (Fsp3) is 0.360. The molecule has 7 nitrogen and oxygen atoms in total. The topological polar surface area (TPSA) is 76.7 Å². The van der Waals surface area contributed by atoms with Crippen molar-refractivity contribution in [1.29, 1.82) is 0 Å². The van der Waals surface area contributed by atoms with Crippen LogP contribution in [0.25, 0.3) is 11.3 Å². The molecule has 166 valence electrons. The second-order valence-corrected chi connectivity index (χ2v) is 8.34. The summed E-state index contributed by atoms with van der Waals surface area (Å²) < 4.78 is 17.5. The maximum atomic E-state index is 13.3. The Morgan fingerprint density at radius 3 is 2.66 bits per heavy atom. The second kappa shape index (κ2) is 8.76. The van der Waals surface area contributed by atoms with Crippen LogP contribution in [0.2, 0.25) is 0 Å². The number of rotatable bonds is 4. The number of amides is 1. The molecular formula is C25H27N3O4. The number of imidazole rings is 1. The Kier molecular flexibility index (Phi) is 5.68. The highest BCUT2D eigenvalue weighted by molar-refractivity contribution is 5.70. The van der Waals surface area contributed by atoms with Crippen molar-refractivity contribution in [3.05, 3.63) is 77.7 Å². The van der Waals surface area contributed by atoms with E-state index in [4.69, 9.17) is 14.2 Å². The summed E-state index contributed by atoms with van der Waals surface area (Å²) in [5, 5.41) is 0. The van der Waals surface area contributed by atoms with Crippen molar-refractivity contribution in [2.45, 2.75) is 38.1 Å². The second-order valence-electron chi connectivity index (χ2n) is 8.34. The summed E-state index contributed by atoms with van der Waals surface area (Å²) in [5.74, 6) is 0.695. The molecule has 1 N–H and O–H groups in total. The summed E-state index contributed by atoms with van der Waals surface area (Å²) in [6.07, 6.45) is 2.62. The van der Waals surface area contributed by atoms with Gasteiger partial charge in [-0.15, -0.1) is 0 Å². The van der Waals surface area contributed by atoms with Gasteiger partial charge in [-0.3, -0.25) is 4.90 Å². The van der Waals surface area contributed by atoms with Crippen molar-refractivity contribution < 1.29 is 19.0 Å². The normalized spacial score (nSPS) is 19.9. The van der Waals surface area contributed by atoms with Crippen LogP contribution >= 0.6 is 0 Å². The third kappa shape index (κ3) is 4.01. The molecule has 7 heteroatoms. The molecule has 32 heavy (non-hydrogen) atoms. The van der Waals surface area contributed by atoms with Gasteiger partial charge in [0.1, 0.15) is 18.5 Å². The Balaban J connectivity index is 1.40. The minimum atomic E-state index is -0.729. The summed E-state index contributed by atoms with van der Waals surface area (Å²) in [7, 11) is 0. The predicted octanol–water partition coefficient (Wildman–Crippen LogP) is 4.60. The van der Waals surface area contributed by atoms with Crippen LogP contribution in [0.5, 0.6) is 0 Å². The number of aryl methyl sites for hydroxylation is 1. The standard InChI is InChI=1S/C25H27N3O4/c1-18-7-9-20(10-8-18)21-15-26-23(27-21)22-17-32-25(11-13-30-14-12-25)28(22)24(29)31-16-19-5-3-2-4-6-19/h2-10,15,22H,11-14,16-17H2,1H3,(H,26,27)/t22-/m0/s1. The van der Waals surface area contributed by atoms with Crippen LogP contribution in [0.15, 0.2) is 60.8 Å². The molecule has 0 unspecified atom stereocenters. The fourth-order valence-corrected chi connectivity index (χ4v) is 4.41. The van der Waals surface area contributed by atoms with Gasteiger partial charge in [-0.25, -0.2) is 9.78 Å². The third-order valence-electron chi connectivity index (χ3n) is 6.21. The summed E-state index contributed by atoms with van der Waals surface area (Å²) in [4.78, 5) is 23.1. The Morgan fingerprint density at radius 2 is 1.91 bits per heavy atom. The quantitative estimate of drug-likeness (QED) is 0.651.